The van der Waals surface area contributed by atoms with E-state index in [2.05, 4.69) is 10.5 Å². The Bertz CT molecular complexity index is 1330. The zero-order chi connectivity index (χ0) is 24.9. The summed E-state index contributed by atoms with van der Waals surface area (Å²) < 4.78 is 32.9. The fourth-order valence-electron chi connectivity index (χ4n) is 3.30. The lowest BCUT2D eigenvalue weighted by Crippen LogP contribution is -2.39. The first kappa shape index (κ1) is 25.3. The van der Waals surface area contributed by atoms with Crippen LogP contribution in [0.25, 0.3) is 0 Å². The van der Waals surface area contributed by atoms with Crippen molar-refractivity contribution in [3.63, 3.8) is 0 Å². The molecule has 0 aliphatic rings. The van der Waals surface area contributed by atoms with Crippen LogP contribution in [0.1, 0.15) is 22.3 Å². The number of carbonyl (C=O) groups excluding carboxylic acids is 1. The predicted octanol–water partition coefficient (Wildman–Crippen LogP) is 4.62. The molecule has 0 aromatic heterocycles. The summed E-state index contributed by atoms with van der Waals surface area (Å²) in [6.07, 6.45) is 1.54. The third-order valence-electron chi connectivity index (χ3n) is 5.53. The van der Waals surface area contributed by atoms with E-state index >= 15 is 0 Å². The lowest BCUT2D eigenvalue weighted by atomic mass is 10.00. The summed E-state index contributed by atoms with van der Waals surface area (Å²) >= 11 is 6.23. The van der Waals surface area contributed by atoms with Crippen LogP contribution in [0.5, 0.6) is 5.75 Å². The van der Waals surface area contributed by atoms with E-state index in [0.717, 1.165) is 21.0 Å². The van der Waals surface area contributed by atoms with Gasteiger partial charge in [-0.15, -0.1) is 0 Å². The molecule has 0 aliphatic heterocycles. The summed E-state index contributed by atoms with van der Waals surface area (Å²) in [5.41, 5.74) is 6.87. The van der Waals surface area contributed by atoms with Crippen LogP contribution in [-0.4, -0.2) is 34.2 Å². The van der Waals surface area contributed by atoms with Gasteiger partial charge in [-0.3, -0.25) is 9.10 Å². The molecule has 178 valence electrons. The first-order valence-corrected chi connectivity index (χ1v) is 12.3. The molecule has 1 amide bonds. The van der Waals surface area contributed by atoms with Crippen molar-refractivity contribution in [2.75, 3.05) is 18.0 Å². The van der Waals surface area contributed by atoms with E-state index in [9.17, 15) is 13.2 Å². The molecule has 3 aromatic carbocycles. The number of hydrazone groups is 1. The highest BCUT2D eigenvalue weighted by Gasteiger charge is 2.27. The van der Waals surface area contributed by atoms with Crippen LogP contribution in [0, 0.1) is 20.8 Å². The van der Waals surface area contributed by atoms with Gasteiger partial charge >= 0.3 is 0 Å². The number of nitrogens with one attached hydrogen (secondary N) is 1. The van der Waals surface area contributed by atoms with E-state index in [-0.39, 0.29) is 15.6 Å². The van der Waals surface area contributed by atoms with Crippen LogP contribution < -0.4 is 14.5 Å². The summed E-state index contributed by atoms with van der Waals surface area (Å²) in [5.74, 6) is -0.218. The first-order valence-electron chi connectivity index (χ1n) is 10.4. The number of benzene rings is 3. The number of ether oxygens (including phenoxy) is 1. The molecule has 0 atom stereocenters. The summed E-state index contributed by atoms with van der Waals surface area (Å²) in [6.45, 7) is 5.53. The molecule has 0 radical (unpaired) electrons. The normalized spacial score (nSPS) is 11.4. The fourth-order valence-corrected chi connectivity index (χ4v) is 4.99. The van der Waals surface area contributed by atoms with E-state index in [1.807, 2.05) is 32.9 Å². The van der Waals surface area contributed by atoms with Gasteiger partial charge in [-0.05, 0) is 73.4 Å². The Balaban J connectivity index is 1.88. The van der Waals surface area contributed by atoms with Gasteiger partial charge in [-0.1, -0.05) is 41.9 Å². The van der Waals surface area contributed by atoms with E-state index in [1.165, 1.54) is 36.9 Å². The third kappa shape index (κ3) is 5.58. The maximum absolute atomic E-state index is 13.4. The van der Waals surface area contributed by atoms with E-state index in [4.69, 9.17) is 16.3 Å². The Morgan fingerprint density at radius 2 is 1.76 bits per heavy atom. The average Bonchev–Trinajstić information content (AvgIpc) is 2.83. The van der Waals surface area contributed by atoms with Crippen LogP contribution in [0.4, 0.5) is 5.69 Å². The third-order valence-corrected chi connectivity index (χ3v) is 7.62. The smallest absolute Gasteiger partial charge is 0.264 e. The summed E-state index contributed by atoms with van der Waals surface area (Å²) in [5, 5.41) is 4.25. The minimum atomic E-state index is -4.06. The van der Waals surface area contributed by atoms with Crippen molar-refractivity contribution < 1.29 is 17.9 Å². The highest BCUT2D eigenvalue weighted by molar-refractivity contribution is 7.92. The van der Waals surface area contributed by atoms with E-state index < -0.39 is 22.5 Å². The Labute approximate surface area is 205 Å². The number of amides is 1. The van der Waals surface area contributed by atoms with E-state index in [0.29, 0.717) is 5.75 Å². The maximum Gasteiger partial charge on any atom is 0.264 e. The van der Waals surface area contributed by atoms with Crippen molar-refractivity contribution in [3.05, 3.63) is 87.9 Å². The Kier molecular flexibility index (Phi) is 7.96. The molecule has 0 fully saturated rings. The average molecular weight is 500 g/mol. The molecule has 3 rings (SSSR count). The minimum absolute atomic E-state index is 0.0454. The number of carbonyl (C=O) groups is 1. The maximum atomic E-state index is 13.4. The number of hydrogen-bond acceptors (Lipinski definition) is 5. The van der Waals surface area contributed by atoms with Crippen LogP contribution in [-0.2, 0) is 14.8 Å². The molecule has 0 saturated heterocycles. The molecular formula is C25H26ClN3O4S. The van der Waals surface area contributed by atoms with Gasteiger partial charge in [0.15, 0.2) is 0 Å². The number of halogens is 1. The molecule has 0 spiro atoms. The quantitative estimate of drug-likeness (QED) is 0.362. The van der Waals surface area contributed by atoms with Gasteiger partial charge in [0.2, 0.25) is 0 Å². The number of rotatable bonds is 8. The lowest BCUT2D eigenvalue weighted by molar-refractivity contribution is -0.119. The number of hydrogen-bond donors (Lipinski definition) is 1. The van der Waals surface area contributed by atoms with Crippen LogP contribution in [0.3, 0.4) is 0 Å². The molecule has 0 bridgehead atoms. The summed E-state index contributed by atoms with van der Waals surface area (Å²) in [6, 6.07) is 16.3. The number of sulfonamides is 1. The van der Waals surface area contributed by atoms with Gasteiger partial charge in [-0.25, -0.2) is 13.8 Å². The number of aryl methyl sites for hydroxylation is 1. The highest BCUT2D eigenvalue weighted by atomic mass is 35.5. The van der Waals surface area contributed by atoms with Gasteiger partial charge in [0, 0.05) is 0 Å². The standard InChI is InChI=1S/C25H26ClN3O4S/c1-17-10-11-20(19(3)18(17)2)15-27-28-25(30)16-29(21-12-13-24(33-4)23(26)14-21)34(31,32)22-8-6-5-7-9-22/h5-15H,16H2,1-4H3,(H,28,30)/b27-15-. The molecule has 9 heteroatoms. The van der Waals surface area contributed by atoms with Crippen molar-refractivity contribution in [1.82, 2.24) is 5.43 Å². The lowest BCUT2D eigenvalue weighted by Gasteiger charge is -2.24. The highest BCUT2D eigenvalue weighted by Crippen LogP contribution is 2.31. The molecule has 0 heterocycles. The molecule has 34 heavy (non-hydrogen) atoms. The van der Waals surface area contributed by atoms with Crippen molar-refractivity contribution in [2.24, 2.45) is 5.10 Å². The molecular weight excluding hydrogens is 474 g/mol. The Morgan fingerprint density at radius 1 is 1.06 bits per heavy atom. The number of anilines is 1. The number of nitrogens with zero attached hydrogens (tertiary/aromatic N) is 2. The second-order valence-electron chi connectivity index (χ2n) is 7.66. The molecule has 0 aliphatic carbocycles. The molecule has 3 aromatic rings. The molecule has 0 saturated carbocycles. The van der Waals surface area contributed by atoms with Gasteiger partial charge in [-0.2, -0.15) is 5.10 Å². The topological polar surface area (TPSA) is 88.1 Å². The molecule has 7 nitrogen and oxygen atoms in total. The monoisotopic (exact) mass is 499 g/mol. The summed E-state index contributed by atoms with van der Waals surface area (Å²) in [7, 11) is -2.60. The van der Waals surface area contributed by atoms with Gasteiger partial charge in [0.05, 0.1) is 28.9 Å². The van der Waals surface area contributed by atoms with Crippen LogP contribution >= 0.6 is 11.6 Å². The SMILES string of the molecule is COc1ccc(N(CC(=O)N/N=C\c2ccc(C)c(C)c2C)S(=O)(=O)c2ccccc2)cc1Cl. The van der Waals surface area contributed by atoms with Gasteiger partial charge < -0.3 is 4.74 Å². The molecule has 0 unspecified atom stereocenters. The van der Waals surface area contributed by atoms with Crippen molar-refractivity contribution in [2.45, 2.75) is 25.7 Å². The number of methoxy groups -OCH3 is 1. The zero-order valence-corrected chi connectivity index (χ0v) is 20.9. The van der Waals surface area contributed by atoms with Gasteiger partial charge in [0.1, 0.15) is 12.3 Å². The van der Waals surface area contributed by atoms with Crippen LogP contribution in [0.15, 0.2) is 70.7 Å². The largest absolute Gasteiger partial charge is 0.495 e. The van der Waals surface area contributed by atoms with E-state index in [1.54, 1.807) is 30.5 Å². The first-order chi connectivity index (χ1) is 16.1. The molecule has 1 N–H and O–H groups in total. The van der Waals surface area contributed by atoms with Crippen molar-refractivity contribution in [3.8, 4) is 5.75 Å². The predicted molar refractivity (Wildman–Crippen MR) is 135 cm³/mol. The fraction of sp³-hybridized carbons (Fsp3) is 0.200. The Morgan fingerprint density at radius 3 is 2.41 bits per heavy atom. The van der Waals surface area contributed by atoms with Crippen molar-refractivity contribution >= 4 is 39.4 Å². The van der Waals surface area contributed by atoms with Gasteiger partial charge in [0.25, 0.3) is 15.9 Å². The second-order valence-corrected chi connectivity index (χ2v) is 9.93. The van der Waals surface area contributed by atoms with Crippen molar-refractivity contribution in [1.29, 1.82) is 0 Å². The minimum Gasteiger partial charge on any atom is -0.495 e. The second kappa shape index (κ2) is 10.7. The summed E-state index contributed by atoms with van der Waals surface area (Å²) in [4.78, 5) is 12.8. The van der Waals surface area contributed by atoms with Crippen LogP contribution in [0.2, 0.25) is 5.02 Å². The Hall–Kier alpha value is -3.36. The zero-order valence-electron chi connectivity index (χ0n) is 19.4.